The van der Waals surface area contributed by atoms with Gasteiger partial charge in [0.25, 0.3) is 0 Å². The van der Waals surface area contributed by atoms with Crippen LogP contribution < -0.4 is 5.32 Å². The summed E-state index contributed by atoms with van der Waals surface area (Å²) in [5.41, 5.74) is -0.483. The SMILES string of the molecule is C[C@H](CO)OCCNC(=O)OC(C)(C)C. The van der Waals surface area contributed by atoms with Gasteiger partial charge in [0.1, 0.15) is 5.60 Å². The molecule has 0 heterocycles. The van der Waals surface area contributed by atoms with Crippen molar-refractivity contribution >= 4 is 6.09 Å². The first-order chi connectivity index (χ1) is 6.85. The average molecular weight is 219 g/mol. The van der Waals surface area contributed by atoms with E-state index in [1.807, 2.05) is 0 Å². The molecule has 0 saturated carbocycles. The van der Waals surface area contributed by atoms with Crippen LogP contribution in [0.15, 0.2) is 0 Å². The Labute approximate surface area is 90.8 Å². The molecule has 0 radical (unpaired) electrons. The second-order valence-electron chi connectivity index (χ2n) is 4.29. The molecule has 5 nitrogen and oxygen atoms in total. The smallest absolute Gasteiger partial charge is 0.407 e. The number of alkyl carbamates (subject to hydrolysis) is 1. The third kappa shape index (κ3) is 9.49. The van der Waals surface area contributed by atoms with Crippen molar-refractivity contribution in [1.82, 2.24) is 5.32 Å². The first-order valence-corrected chi connectivity index (χ1v) is 5.04. The predicted octanol–water partition coefficient (Wildman–Crippen LogP) is 0.908. The number of amides is 1. The van der Waals surface area contributed by atoms with E-state index in [2.05, 4.69) is 5.32 Å². The summed E-state index contributed by atoms with van der Waals surface area (Å²) in [6.07, 6.45) is -0.659. The standard InChI is InChI=1S/C10H21NO4/c1-8(7-12)14-6-5-11-9(13)15-10(2,3)4/h8,12H,5-7H2,1-4H3,(H,11,13)/t8-/m1/s1. The van der Waals surface area contributed by atoms with Crippen LogP contribution in [0.25, 0.3) is 0 Å². The van der Waals surface area contributed by atoms with E-state index in [4.69, 9.17) is 14.6 Å². The molecule has 15 heavy (non-hydrogen) atoms. The number of aliphatic hydroxyl groups excluding tert-OH is 1. The van der Waals surface area contributed by atoms with E-state index in [1.54, 1.807) is 27.7 Å². The molecule has 0 fully saturated rings. The van der Waals surface area contributed by atoms with Gasteiger partial charge in [0.15, 0.2) is 0 Å². The highest BCUT2D eigenvalue weighted by Gasteiger charge is 2.15. The Hall–Kier alpha value is -0.810. The molecule has 1 amide bonds. The minimum Gasteiger partial charge on any atom is -0.444 e. The zero-order valence-corrected chi connectivity index (χ0v) is 9.87. The quantitative estimate of drug-likeness (QED) is 0.674. The number of carbonyl (C=O) groups is 1. The molecule has 0 aromatic rings. The Morgan fingerprint density at radius 1 is 1.47 bits per heavy atom. The van der Waals surface area contributed by atoms with E-state index >= 15 is 0 Å². The Bertz CT molecular complexity index is 188. The van der Waals surface area contributed by atoms with Crippen LogP contribution in [0.1, 0.15) is 27.7 Å². The lowest BCUT2D eigenvalue weighted by Gasteiger charge is -2.19. The van der Waals surface area contributed by atoms with Gasteiger partial charge in [0.05, 0.1) is 19.3 Å². The van der Waals surface area contributed by atoms with E-state index in [1.165, 1.54) is 0 Å². The molecule has 0 unspecified atom stereocenters. The molecule has 0 spiro atoms. The normalized spacial score (nSPS) is 13.4. The third-order valence-electron chi connectivity index (χ3n) is 1.43. The van der Waals surface area contributed by atoms with Crippen LogP contribution in [0.3, 0.4) is 0 Å². The van der Waals surface area contributed by atoms with Crippen molar-refractivity contribution in [3.8, 4) is 0 Å². The summed E-state index contributed by atoms with van der Waals surface area (Å²) in [6, 6.07) is 0. The Morgan fingerprint density at radius 2 is 2.07 bits per heavy atom. The van der Waals surface area contributed by atoms with Gasteiger partial charge in [0, 0.05) is 6.54 Å². The Kier molecular flexibility index (Phi) is 6.27. The molecule has 5 heteroatoms. The van der Waals surface area contributed by atoms with Crippen LogP contribution in [-0.2, 0) is 9.47 Å². The van der Waals surface area contributed by atoms with E-state index in [-0.39, 0.29) is 12.7 Å². The van der Waals surface area contributed by atoms with Crippen molar-refractivity contribution in [2.75, 3.05) is 19.8 Å². The average Bonchev–Trinajstić information content (AvgIpc) is 2.09. The van der Waals surface area contributed by atoms with Crippen molar-refractivity contribution in [2.24, 2.45) is 0 Å². The van der Waals surface area contributed by atoms with Crippen molar-refractivity contribution in [1.29, 1.82) is 0 Å². The number of hydrogen-bond acceptors (Lipinski definition) is 4. The Balaban J connectivity index is 3.48. The fraction of sp³-hybridized carbons (Fsp3) is 0.900. The number of nitrogens with one attached hydrogen (secondary N) is 1. The third-order valence-corrected chi connectivity index (χ3v) is 1.43. The van der Waals surface area contributed by atoms with Crippen LogP contribution in [0, 0.1) is 0 Å². The molecule has 0 rings (SSSR count). The van der Waals surface area contributed by atoms with E-state index < -0.39 is 11.7 Å². The maximum absolute atomic E-state index is 11.1. The molecule has 0 aliphatic heterocycles. The lowest BCUT2D eigenvalue weighted by molar-refractivity contribution is 0.0221. The molecule has 1 atom stereocenters. The second-order valence-corrected chi connectivity index (χ2v) is 4.29. The molecule has 0 saturated heterocycles. The number of carbonyl (C=O) groups excluding carboxylic acids is 1. The van der Waals surface area contributed by atoms with Gasteiger partial charge in [-0.1, -0.05) is 0 Å². The summed E-state index contributed by atoms with van der Waals surface area (Å²) >= 11 is 0. The number of rotatable bonds is 5. The largest absolute Gasteiger partial charge is 0.444 e. The van der Waals surface area contributed by atoms with Crippen molar-refractivity contribution in [3.63, 3.8) is 0 Å². The minimum atomic E-state index is -0.483. The van der Waals surface area contributed by atoms with Gasteiger partial charge < -0.3 is 19.9 Å². The Morgan fingerprint density at radius 3 is 2.53 bits per heavy atom. The molecule has 2 N–H and O–H groups in total. The molecular formula is C10H21NO4. The van der Waals surface area contributed by atoms with Gasteiger partial charge in [-0.25, -0.2) is 4.79 Å². The molecular weight excluding hydrogens is 198 g/mol. The van der Waals surface area contributed by atoms with Crippen molar-refractivity contribution < 1.29 is 19.4 Å². The molecule has 0 aromatic carbocycles. The summed E-state index contributed by atoms with van der Waals surface area (Å²) in [6.45, 7) is 7.88. The summed E-state index contributed by atoms with van der Waals surface area (Å²) < 4.78 is 10.2. The monoisotopic (exact) mass is 219 g/mol. The van der Waals surface area contributed by atoms with E-state index in [9.17, 15) is 4.79 Å². The first kappa shape index (κ1) is 14.2. The fourth-order valence-electron chi connectivity index (χ4n) is 0.780. The van der Waals surface area contributed by atoms with Crippen LogP contribution in [0.5, 0.6) is 0 Å². The zero-order chi connectivity index (χ0) is 11.9. The summed E-state index contributed by atoms with van der Waals surface area (Å²) in [5.74, 6) is 0. The zero-order valence-electron chi connectivity index (χ0n) is 9.87. The summed E-state index contributed by atoms with van der Waals surface area (Å²) in [4.78, 5) is 11.1. The highest BCUT2D eigenvalue weighted by molar-refractivity contribution is 5.67. The molecule has 0 aromatic heterocycles. The number of aliphatic hydroxyl groups is 1. The van der Waals surface area contributed by atoms with Gasteiger partial charge in [-0.3, -0.25) is 0 Å². The minimum absolute atomic E-state index is 0.0214. The predicted molar refractivity (Wildman–Crippen MR) is 56.7 cm³/mol. The summed E-state index contributed by atoms with van der Waals surface area (Å²) in [7, 11) is 0. The summed E-state index contributed by atoms with van der Waals surface area (Å²) in [5, 5.41) is 11.2. The van der Waals surface area contributed by atoms with Crippen LogP contribution in [0.4, 0.5) is 4.79 Å². The van der Waals surface area contributed by atoms with Crippen molar-refractivity contribution in [2.45, 2.75) is 39.4 Å². The van der Waals surface area contributed by atoms with Crippen LogP contribution >= 0.6 is 0 Å². The lowest BCUT2D eigenvalue weighted by Crippen LogP contribution is -2.34. The fourth-order valence-corrected chi connectivity index (χ4v) is 0.780. The maximum atomic E-state index is 11.1. The van der Waals surface area contributed by atoms with Crippen molar-refractivity contribution in [3.05, 3.63) is 0 Å². The van der Waals surface area contributed by atoms with Gasteiger partial charge in [0.2, 0.25) is 0 Å². The maximum Gasteiger partial charge on any atom is 0.407 e. The first-order valence-electron chi connectivity index (χ1n) is 5.04. The number of ether oxygens (including phenoxy) is 2. The van der Waals surface area contributed by atoms with E-state index in [0.717, 1.165) is 0 Å². The van der Waals surface area contributed by atoms with Gasteiger partial charge >= 0.3 is 6.09 Å². The number of hydrogen-bond donors (Lipinski definition) is 2. The molecule has 90 valence electrons. The van der Waals surface area contributed by atoms with Gasteiger partial charge in [-0.05, 0) is 27.7 Å². The van der Waals surface area contributed by atoms with Crippen LogP contribution in [-0.4, -0.2) is 42.7 Å². The molecule has 0 aliphatic rings. The van der Waals surface area contributed by atoms with Gasteiger partial charge in [-0.2, -0.15) is 0 Å². The highest BCUT2D eigenvalue weighted by Crippen LogP contribution is 2.05. The lowest BCUT2D eigenvalue weighted by atomic mass is 10.2. The van der Waals surface area contributed by atoms with E-state index in [0.29, 0.717) is 13.2 Å². The topological polar surface area (TPSA) is 67.8 Å². The highest BCUT2D eigenvalue weighted by atomic mass is 16.6. The molecule has 0 aliphatic carbocycles. The van der Waals surface area contributed by atoms with Crippen LogP contribution in [0.2, 0.25) is 0 Å². The second kappa shape index (κ2) is 6.63. The van der Waals surface area contributed by atoms with Gasteiger partial charge in [-0.15, -0.1) is 0 Å². The molecule has 0 bridgehead atoms.